The first-order chi connectivity index (χ1) is 12.0. The van der Waals surface area contributed by atoms with Gasteiger partial charge in [-0.3, -0.25) is 4.68 Å². The molecule has 0 saturated heterocycles. The lowest BCUT2D eigenvalue weighted by molar-refractivity contribution is -0.0582. The molecular formula is C18H15FN4OS. The van der Waals surface area contributed by atoms with Gasteiger partial charge in [0.2, 0.25) is 0 Å². The number of aliphatic hydroxyl groups excluding tert-OH is 1. The summed E-state index contributed by atoms with van der Waals surface area (Å²) in [4.78, 5) is 10.5. The molecule has 1 saturated carbocycles. The zero-order chi connectivity index (χ0) is 17.2. The number of aryl methyl sites for hydroxylation is 1. The Kier molecular flexibility index (Phi) is 3.02. The van der Waals surface area contributed by atoms with Crippen LogP contribution in [-0.2, 0) is 12.7 Å². The molecule has 5 rings (SSSR count). The first-order valence-electron chi connectivity index (χ1n) is 8.08. The number of thiophene rings is 1. The molecule has 0 bridgehead atoms. The van der Waals surface area contributed by atoms with Crippen LogP contribution in [0.15, 0.2) is 36.7 Å². The molecule has 0 aliphatic heterocycles. The summed E-state index contributed by atoms with van der Waals surface area (Å²) in [5, 5.41) is 15.6. The molecule has 1 fully saturated rings. The molecule has 4 aromatic rings. The molecule has 126 valence electrons. The van der Waals surface area contributed by atoms with E-state index in [9.17, 15) is 9.50 Å². The lowest BCUT2D eigenvalue weighted by Gasteiger charge is -2.37. The first-order valence-corrected chi connectivity index (χ1v) is 8.90. The van der Waals surface area contributed by atoms with E-state index in [2.05, 4.69) is 10.1 Å². The molecular weight excluding hydrogens is 339 g/mol. The molecule has 5 nitrogen and oxygen atoms in total. The number of pyridine rings is 2. The maximum atomic E-state index is 14.7. The van der Waals surface area contributed by atoms with Crippen molar-refractivity contribution in [2.75, 3.05) is 0 Å². The Labute approximate surface area is 146 Å². The number of fused-ring (bicyclic) bond motifs is 2. The van der Waals surface area contributed by atoms with Crippen LogP contribution in [0.2, 0.25) is 0 Å². The van der Waals surface area contributed by atoms with Gasteiger partial charge in [0.05, 0.1) is 11.8 Å². The van der Waals surface area contributed by atoms with Crippen LogP contribution in [0.25, 0.3) is 32.5 Å². The van der Waals surface area contributed by atoms with Crippen molar-refractivity contribution in [3.8, 4) is 11.3 Å². The van der Waals surface area contributed by atoms with E-state index >= 15 is 0 Å². The van der Waals surface area contributed by atoms with Gasteiger partial charge in [-0.15, -0.1) is 11.3 Å². The second kappa shape index (κ2) is 5.06. The molecule has 0 unspecified atom stereocenters. The molecule has 25 heavy (non-hydrogen) atoms. The summed E-state index contributed by atoms with van der Waals surface area (Å²) in [6.07, 6.45) is 3.50. The second-order valence-electron chi connectivity index (χ2n) is 6.67. The molecule has 4 aromatic heterocycles. The fraction of sp³-hybridized carbons (Fsp3) is 0.278. The average molecular weight is 354 g/mol. The zero-order valence-corrected chi connectivity index (χ0v) is 14.3. The highest BCUT2D eigenvalue weighted by Gasteiger charge is 2.46. The van der Waals surface area contributed by atoms with Crippen LogP contribution < -0.4 is 0 Å². The Bertz CT molecular complexity index is 1110. The molecule has 0 amide bonds. The van der Waals surface area contributed by atoms with Gasteiger partial charge >= 0.3 is 0 Å². The maximum absolute atomic E-state index is 14.7. The van der Waals surface area contributed by atoms with Crippen LogP contribution in [0.5, 0.6) is 0 Å². The van der Waals surface area contributed by atoms with E-state index in [1.165, 1.54) is 11.3 Å². The topological polar surface area (TPSA) is 63.8 Å². The number of hydrogen-bond acceptors (Lipinski definition) is 5. The molecule has 4 heterocycles. The largest absolute Gasteiger partial charge is 0.393 e. The van der Waals surface area contributed by atoms with E-state index in [4.69, 9.17) is 4.98 Å². The molecule has 1 N–H and O–H groups in total. The predicted molar refractivity (Wildman–Crippen MR) is 95.1 cm³/mol. The standard InChI is InChI=1S/C18H15FN4OS/c1-23-9-12-4-11(8-20-16(12)22-23)14-3-2-10-5-15(25-17(10)21-14)18(19)6-13(24)7-18/h2-5,8-9,13,24H,6-7H2,1H3. The number of aromatic nitrogens is 4. The van der Waals surface area contributed by atoms with E-state index < -0.39 is 11.8 Å². The summed E-state index contributed by atoms with van der Waals surface area (Å²) in [5.74, 6) is 0. The normalized spacial score (nSPS) is 23.2. The van der Waals surface area contributed by atoms with Crippen LogP contribution >= 0.6 is 11.3 Å². The van der Waals surface area contributed by atoms with E-state index in [-0.39, 0.29) is 12.8 Å². The Morgan fingerprint density at radius 2 is 2.12 bits per heavy atom. The monoisotopic (exact) mass is 354 g/mol. The van der Waals surface area contributed by atoms with Crippen molar-refractivity contribution in [2.45, 2.75) is 24.6 Å². The quantitative estimate of drug-likeness (QED) is 0.598. The molecule has 0 radical (unpaired) electrons. The SMILES string of the molecule is Cn1cc2cc(-c3ccc4cc(C5(F)CC(O)C5)sc4n3)cnc2n1. The summed E-state index contributed by atoms with van der Waals surface area (Å²) in [5.41, 5.74) is 1.02. The first kappa shape index (κ1) is 14.9. The van der Waals surface area contributed by atoms with Gasteiger partial charge in [-0.1, -0.05) is 0 Å². The summed E-state index contributed by atoms with van der Waals surface area (Å²) in [7, 11) is 1.86. The Balaban J connectivity index is 1.57. The molecule has 0 atom stereocenters. The molecule has 0 spiro atoms. The van der Waals surface area contributed by atoms with Crippen LogP contribution in [0, 0.1) is 0 Å². The van der Waals surface area contributed by atoms with Crippen LogP contribution in [0.1, 0.15) is 17.7 Å². The number of hydrogen-bond donors (Lipinski definition) is 1. The molecule has 7 heteroatoms. The van der Waals surface area contributed by atoms with Gasteiger partial charge in [0.1, 0.15) is 10.5 Å². The summed E-state index contributed by atoms with van der Waals surface area (Å²) >= 11 is 1.36. The third-order valence-electron chi connectivity index (χ3n) is 4.71. The number of alkyl halides is 1. The minimum atomic E-state index is -1.40. The molecule has 1 aliphatic carbocycles. The van der Waals surface area contributed by atoms with E-state index in [0.717, 1.165) is 26.9 Å². The summed E-state index contributed by atoms with van der Waals surface area (Å²) in [6, 6.07) is 7.75. The maximum Gasteiger partial charge on any atom is 0.181 e. The van der Waals surface area contributed by atoms with E-state index in [1.807, 2.05) is 37.5 Å². The zero-order valence-electron chi connectivity index (χ0n) is 13.5. The highest BCUT2D eigenvalue weighted by Crippen LogP contribution is 2.48. The van der Waals surface area contributed by atoms with Gasteiger partial charge in [0, 0.05) is 53.5 Å². The van der Waals surface area contributed by atoms with Crippen molar-refractivity contribution >= 4 is 32.6 Å². The Hall–Kier alpha value is -2.38. The van der Waals surface area contributed by atoms with Crippen LogP contribution in [0.4, 0.5) is 4.39 Å². The summed E-state index contributed by atoms with van der Waals surface area (Å²) in [6.45, 7) is 0. The number of halogens is 1. The Morgan fingerprint density at radius 1 is 1.28 bits per heavy atom. The number of nitrogens with zero attached hydrogens (tertiary/aromatic N) is 4. The average Bonchev–Trinajstić information content (AvgIpc) is 3.14. The second-order valence-corrected chi connectivity index (χ2v) is 7.70. The van der Waals surface area contributed by atoms with Crippen molar-refractivity contribution in [2.24, 2.45) is 7.05 Å². The lowest BCUT2D eigenvalue weighted by Crippen LogP contribution is -2.40. The van der Waals surface area contributed by atoms with Crippen molar-refractivity contribution < 1.29 is 9.50 Å². The molecule has 1 aliphatic rings. The summed E-state index contributed by atoms with van der Waals surface area (Å²) < 4.78 is 16.5. The third-order valence-corrected chi connectivity index (χ3v) is 5.94. The number of aliphatic hydroxyl groups is 1. The van der Waals surface area contributed by atoms with Gasteiger partial charge in [-0.2, -0.15) is 5.10 Å². The predicted octanol–water partition coefficient (Wildman–Crippen LogP) is 3.56. The minimum absolute atomic E-state index is 0.175. The lowest BCUT2D eigenvalue weighted by atomic mass is 9.78. The smallest absolute Gasteiger partial charge is 0.181 e. The Morgan fingerprint density at radius 3 is 2.92 bits per heavy atom. The van der Waals surface area contributed by atoms with Crippen LogP contribution in [-0.4, -0.2) is 31.0 Å². The van der Waals surface area contributed by atoms with Gasteiger partial charge < -0.3 is 5.11 Å². The van der Waals surface area contributed by atoms with Gasteiger partial charge in [0.25, 0.3) is 0 Å². The fourth-order valence-corrected chi connectivity index (χ4v) is 4.49. The molecule has 0 aromatic carbocycles. The van der Waals surface area contributed by atoms with Crippen molar-refractivity contribution in [1.29, 1.82) is 0 Å². The van der Waals surface area contributed by atoms with E-state index in [0.29, 0.717) is 10.5 Å². The van der Waals surface area contributed by atoms with Crippen LogP contribution in [0.3, 0.4) is 0 Å². The van der Waals surface area contributed by atoms with Crippen molar-refractivity contribution in [3.63, 3.8) is 0 Å². The minimum Gasteiger partial charge on any atom is -0.393 e. The highest BCUT2D eigenvalue weighted by molar-refractivity contribution is 7.18. The fourth-order valence-electron chi connectivity index (χ4n) is 3.36. The number of rotatable bonds is 2. The van der Waals surface area contributed by atoms with Gasteiger partial charge in [-0.25, -0.2) is 14.4 Å². The van der Waals surface area contributed by atoms with Crippen molar-refractivity contribution in [3.05, 3.63) is 41.5 Å². The van der Waals surface area contributed by atoms with E-state index in [1.54, 1.807) is 10.9 Å². The van der Waals surface area contributed by atoms with Crippen molar-refractivity contribution in [1.82, 2.24) is 19.7 Å². The van der Waals surface area contributed by atoms with Gasteiger partial charge in [0.15, 0.2) is 5.65 Å². The van der Waals surface area contributed by atoms with Gasteiger partial charge in [-0.05, 0) is 24.3 Å². The third kappa shape index (κ3) is 2.34. The highest BCUT2D eigenvalue weighted by atomic mass is 32.1.